The van der Waals surface area contributed by atoms with Crippen LogP contribution in [0.3, 0.4) is 0 Å². The zero-order valence-electron chi connectivity index (χ0n) is 21.0. The summed E-state index contributed by atoms with van der Waals surface area (Å²) < 4.78 is 13.0. The highest BCUT2D eigenvalue weighted by molar-refractivity contribution is 7.98. The van der Waals surface area contributed by atoms with E-state index in [1.165, 1.54) is 39.5 Å². The first-order chi connectivity index (χ1) is 15.7. The molecule has 0 bridgehead atoms. The normalized spacial score (nSPS) is 23.9. The summed E-state index contributed by atoms with van der Waals surface area (Å²) in [5.74, 6) is -0.958. The predicted molar refractivity (Wildman–Crippen MR) is 133 cm³/mol. The molecule has 2 aromatic rings. The van der Waals surface area contributed by atoms with E-state index in [1.54, 1.807) is 31.9 Å². The van der Waals surface area contributed by atoms with E-state index in [9.17, 15) is 0 Å². The second kappa shape index (κ2) is 12.0. The fourth-order valence-electron chi connectivity index (χ4n) is 4.52. The Kier molecular flexibility index (Phi) is 9.55. The number of methoxy groups -OCH3 is 1. The summed E-state index contributed by atoms with van der Waals surface area (Å²) in [5, 5.41) is 14.1. The van der Waals surface area contributed by atoms with Crippen LogP contribution in [-0.2, 0) is 9.47 Å². The maximum Gasteiger partial charge on any atom is 0.159 e. The van der Waals surface area contributed by atoms with Crippen LogP contribution < -0.4 is 0 Å². The molecule has 186 valence electrons. The second-order valence-corrected chi connectivity index (χ2v) is 10.5. The molecule has 0 aliphatic carbocycles. The molecule has 0 radical (unpaired) electrons. The van der Waals surface area contributed by atoms with Gasteiger partial charge in [0.1, 0.15) is 17.5 Å². The number of fused-ring (bicyclic) bond motifs is 1. The number of nitrogens with zero attached hydrogens (tertiary/aromatic N) is 5. The molecule has 1 N–H and O–H groups in total. The van der Waals surface area contributed by atoms with Crippen molar-refractivity contribution in [2.24, 2.45) is 0 Å². The van der Waals surface area contributed by atoms with E-state index in [0.717, 1.165) is 41.7 Å². The fraction of sp³-hybridized carbons (Fsp3) is 0.750. The Balaban J connectivity index is 0.000000454. The van der Waals surface area contributed by atoms with Gasteiger partial charge in [-0.25, -0.2) is 9.50 Å². The Morgan fingerprint density at radius 1 is 1.27 bits per heavy atom. The first-order valence-corrected chi connectivity index (χ1v) is 13.1. The van der Waals surface area contributed by atoms with Crippen molar-refractivity contribution in [3.63, 3.8) is 0 Å². The van der Waals surface area contributed by atoms with Crippen molar-refractivity contribution in [1.82, 2.24) is 24.4 Å². The maximum atomic E-state index is 8.60. The van der Waals surface area contributed by atoms with Crippen molar-refractivity contribution in [2.45, 2.75) is 75.0 Å². The van der Waals surface area contributed by atoms with Crippen LogP contribution in [0.15, 0.2) is 23.5 Å². The molecule has 0 amide bonds. The predicted octanol–water partition coefficient (Wildman–Crippen LogP) is 3.45. The van der Waals surface area contributed by atoms with Crippen LogP contribution in [0.2, 0.25) is 0 Å². The molecule has 2 aromatic heterocycles. The Hall–Kier alpha value is -1.23. The van der Waals surface area contributed by atoms with Gasteiger partial charge in [0, 0.05) is 19.7 Å². The molecule has 2 aliphatic rings. The Morgan fingerprint density at radius 3 is 2.70 bits per heavy atom. The van der Waals surface area contributed by atoms with Gasteiger partial charge in [-0.05, 0) is 91.5 Å². The molecule has 33 heavy (non-hydrogen) atoms. The smallest absolute Gasteiger partial charge is 0.159 e. The molecule has 4 heterocycles. The van der Waals surface area contributed by atoms with E-state index in [-0.39, 0.29) is 6.10 Å². The van der Waals surface area contributed by atoms with Gasteiger partial charge in [-0.3, -0.25) is 4.90 Å². The number of rotatable bonds is 8. The van der Waals surface area contributed by atoms with E-state index in [1.807, 2.05) is 4.52 Å². The van der Waals surface area contributed by atoms with Crippen LogP contribution in [0.1, 0.15) is 57.7 Å². The SMILES string of the molecule is COC(C)(C)O.CSc1ncnn2c([C@H]3CC[C@@H](CN4CCC[C@H]4CCN(C)C)O3)ccc12. The number of ether oxygens (including phenoxy) is 2. The molecule has 0 aromatic carbocycles. The van der Waals surface area contributed by atoms with Crippen molar-refractivity contribution in [1.29, 1.82) is 0 Å². The van der Waals surface area contributed by atoms with Crippen LogP contribution in [0.4, 0.5) is 0 Å². The van der Waals surface area contributed by atoms with Crippen molar-refractivity contribution >= 4 is 17.3 Å². The van der Waals surface area contributed by atoms with Gasteiger partial charge >= 0.3 is 0 Å². The van der Waals surface area contributed by atoms with Crippen LogP contribution >= 0.6 is 11.8 Å². The number of hydrogen-bond donors (Lipinski definition) is 1. The minimum absolute atomic E-state index is 0.143. The van der Waals surface area contributed by atoms with Gasteiger partial charge in [-0.15, -0.1) is 11.8 Å². The highest BCUT2D eigenvalue weighted by atomic mass is 32.2. The first-order valence-electron chi connectivity index (χ1n) is 11.9. The molecule has 4 rings (SSSR count). The van der Waals surface area contributed by atoms with Gasteiger partial charge < -0.3 is 19.5 Å². The molecule has 2 saturated heterocycles. The molecule has 9 heteroatoms. The monoisotopic (exact) mass is 479 g/mol. The van der Waals surface area contributed by atoms with Gasteiger partial charge in [0.2, 0.25) is 0 Å². The van der Waals surface area contributed by atoms with Crippen molar-refractivity contribution in [3.8, 4) is 0 Å². The van der Waals surface area contributed by atoms with Crippen molar-refractivity contribution in [3.05, 3.63) is 24.2 Å². The summed E-state index contributed by atoms with van der Waals surface area (Å²) in [4.78, 5) is 9.33. The van der Waals surface area contributed by atoms with E-state index in [4.69, 9.17) is 9.84 Å². The Morgan fingerprint density at radius 2 is 2.03 bits per heavy atom. The van der Waals surface area contributed by atoms with Crippen molar-refractivity contribution in [2.75, 3.05) is 47.1 Å². The second-order valence-electron chi connectivity index (χ2n) is 9.68. The third-order valence-corrected chi connectivity index (χ3v) is 7.12. The third-order valence-electron chi connectivity index (χ3n) is 6.42. The molecule has 0 spiro atoms. The maximum absolute atomic E-state index is 8.60. The molecular weight excluding hydrogens is 438 g/mol. The largest absolute Gasteiger partial charge is 0.367 e. The standard InChI is InChI=1S/C20H31N5OS.C4H10O2/c1-23(2)12-10-15-5-4-11-24(15)13-16-6-9-19(26-16)17-7-8-18-20(27-3)21-14-22-25(17)18;1-4(2,5)6-3/h7-8,14-16,19H,4-6,9-13H2,1-3H3;5H,1-3H3/t15-,16-,19+;/m0./s1. The minimum atomic E-state index is -0.958. The number of likely N-dealkylation sites (tertiary alicyclic amines) is 1. The summed E-state index contributed by atoms with van der Waals surface area (Å²) in [6.07, 6.45) is 10.3. The molecule has 2 aliphatic heterocycles. The quantitative estimate of drug-likeness (QED) is 0.456. The summed E-state index contributed by atoms with van der Waals surface area (Å²) in [7, 11) is 5.79. The van der Waals surface area contributed by atoms with Gasteiger partial charge in [0.25, 0.3) is 0 Å². The Bertz CT molecular complexity index is 869. The highest BCUT2D eigenvalue weighted by Crippen LogP contribution is 2.35. The van der Waals surface area contributed by atoms with E-state index in [2.05, 4.69) is 57.1 Å². The molecular formula is C24H41N5O3S. The van der Waals surface area contributed by atoms with Crippen LogP contribution in [-0.4, -0.2) is 94.5 Å². The summed E-state index contributed by atoms with van der Waals surface area (Å²) in [5.41, 5.74) is 2.24. The topological polar surface area (TPSA) is 75.4 Å². The molecule has 8 nitrogen and oxygen atoms in total. The zero-order chi connectivity index (χ0) is 24.0. The van der Waals surface area contributed by atoms with E-state index in [0.29, 0.717) is 6.10 Å². The van der Waals surface area contributed by atoms with Gasteiger partial charge in [0.15, 0.2) is 5.79 Å². The number of aliphatic hydroxyl groups is 1. The number of aromatic nitrogens is 3. The van der Waals surface area contributed by atoms with Gasteiger partial charge in [-0.1, -0.05) is 0 Å². The average molecular weight is 480 g/mol. The highest BCUT2D eigenvalue weighted by Gasteiger charge is 2.33. The first kappa shape index (κ1) is 26.4. The number of thioether (sulfide) groups is 1. The molecule has 2 fully saturated rings. The Labute approximate surface area is 202 Å². The lowest BCUT2D eigenvalue weighted by Crippen LogP contribution is -2.37. The van der Waals surface area contributed by atoms with Gasteiger partial charge in [0.05, 0.1) is 17.3 Å². The lowest BCUT2D eigenvalue weighted by atomic mass is 10.1. The lowest BCUT2D eigenvalue weighted by molar-refractivity contribution is -0.155. The summed E-state index contributed by atoms with van der Waals surface area (Å²) in [6, 6.07) is 5.00. The molecule has 0 unspecified atom stereocenters. The zero-order valence-corrected chi connectivity index (χ0v) is 21.8. The number of hydrogen-bond acceptors (Lipinski definition) is 8. The molecule has 3 atom stereocenters. The van der Waals surface area contributed by atoms with Crippen LogP contribution in [0.5, 0.6) is 0 Å². The average Bonchev–Trinajstić information content (AvgIpc) is 3.51. The van der Waals surface area contributed by atoms with Gasteiger partial charge in [-0.2, -0.15) is 5.10 Å². The minimum Gasteiger partial charge on any atom is -0.367 e. The summed E-state index contributed by atoms with van der Waals surface area (Å²) in [6.45, 7) is 6.62. The van der Waals surface area contributed by atoms with E-state index < -0.39 is 5.79 Å². The lowest BCUT2D eigenvalue weighted by Gasteiger charge is -2.28. The molecule has 0 saturated carbocycles. The van der Waals surface area contributed by atoms with E-state index >= 15 is 0 Å². The third kappa shape index (κ3) is 7.37. The van der Waals surface area contributed by atoms with Crippen LogP contribution in [0.25, 0.3) is 5.52 Å². The van der Waals surface area contributed by atoms with Crippen LogP contribution in [0, 0.1) is 0 Å². The van der Waals surface area contributed by atoms with Crippen molar-refractivity contribution < 1.29 is 14.6 Å². The fourth-order valence-corrected chi connectivity index (χ4v) is 5.04. The summed E-state index contributed by atoms with van der Waals surface area (Å²) >= 11 is 1.66.